The largest absolute Gasteiger partial charge is 0.507 e. The van der Waals surface area contributed by atoms with E-state index in [1.807, 2.05) is 0 Å². The van der Waals surface area contributed by atoms with Gasteiger partial charge in [0, 0.05) is 17.2 Å². The number of phenols is 1. The summed E-state index contributed by atoms with van der Waals surface area (Å²) in [5.41, 5.74) is 0.0367. The van der Waals surface area contributed by atoms with Gasteiger partial charge in [-0.2, -0.15) is 0 Å². The number of ketones is 2. The van der Waals surface area contributed by atoms with Crippen molar-refractivity contribution >= 4 is 34.8 Å². The van der Waals surface area contributed by atoms with Crippen LogP contribution in [0.15, 0.2) is 60.7 Å². The van der Waals surface area contributed by atoms with Gasteiger partial charge in [-0.3, -0.25) is 14.4 Å². The number of phenolic OH excluding ortho intramolecular Hbond substituents is 1. The molecular formula is C23H16ClNO5. The predicted octanol–water partition coefficient (Wildman–Crippen LogP) is 4.53. The normalized spacial score (nSPS) is 13.3. The Bertz CT molecular complexity index is 1190. The van der Waals surface area contributed by atoms with Crippen molar-refractivity contribution in [2.75, 3.05) is 5.32 Å². The van der Waals surface area contributed by atoms with Crippen LogP contribution in [0, 0.1) is 0 Å². The predicted molar refractivity (Wildman–Crippen MR) is 112 cm³/mol. The van der Waals surface area contributed by atoms with Crippen LogP contribution in [0.3, 0.4) is 0 Å². The third kappa shape index (κ3) is 3.31. The van der Waals surface area contributed by atoms with Crippen molar-refractivity contribution in [3.63, 3.8) is 0 Å². The Kier molecular flexibility index (Phi) is 5.01. The summed E-state index contributed by atoms with van der Waals surface area (Å²) in [6, 6.07) is 16.2. The van der Waals surface area contributed by atoms with Crippen LogP contribution in [0.1, 0.15) is 38.8 Å². The van der Waals surface area contributed by atoms with Gasteiger partial charge in [0.2, 0.25) is 5.91 Å². The fourth-order valence-corrected chi connectivity index (χ4v) is 3.35. The molecule has 1 amide bonds. The number of ether oxygens (including phenoxy) is 1. The second kappa shape index (κ2) is 7.65. The number of carbonyl (C=O) groups excluding carboxylic acids is 3. The van der Waals surface area contributed by atoms with E-state index in [1.54, 1.807) is 42.5 Å². The number of nitrogens with one attached hydrogen (secondary N) is 1. The van der Waals surface area contributed by atoms with Crippen LogP contribution in [0.25, 0.3) is 0 Å². The third-order valence-corrected chi connectivity index (χ3v) is 4.92. The first kappa shape index (κ1) is 19.7. The maximum Gasteiger partial charge on any atom is 0.242 e. The average Bonchev–Trinajstić information content (AvgIpc) is 2.74. The maximum absolute atomic E-state index is 13.3. The number of alkyl halides is 1. The van der Waals surface area contributed by atoms with Crippen molar-refractivity contribution < 1.29 is 24.2 Å². The van der Waals surface area contributed by atoms with E-state index < -0.39 is 28.6 Å². The topological polar surface area (TPSA) is 92.7 Å². The summed E-state index contributed by atoms with van der Waals surface area (Å²) in [4.78, 5) is 38.7. The second-order valence-corrected chi connectivity index (χ2v) is 7.40. The zero-order valence-corrected chi connectivity index (χ0v) is 16.6. The molecule has 6 nitrogen and oxygen atoms in total. The summed E-state index contributed by atoms with van der Waals surface area (Å²) < 4.78 is 5.83. The van der Waals surface area contributed by atoms with Crippen molar-refractivity contribution in [1.82, 2.24) is 0 Å². The monoisotopic (exact) mass is 421 g/mol. The Morgan fingerprint density at radius 1 is 0.967 bits per heavy atom. The minimum Gasteiger partial charge on any atom is -0.507 e. The first-order chi connectivity index (χ1) is 14.4. The molecule has 0 aromatic heterocycles. The maximum atomic E-state index is 13.3. The number of halogens is 1. The molecule has 0 radical (unpaired) electrons. The molecule has 3 aromatic rings. The number of anilines is 1. The van der Waals surface area contributed by atoms with E-state index in [1.165, 1.54) is 25.1 Å². The van der Waals surface area contributed by atoms with Crippen molar-refractivity contribution in [2.45, 2.75) is 12.3 Å². The minimum atomic E-state index is -0.902. The van der Waals surface area contributed by atoms with Gasteiger partial charge in [-0.05, 0) is 19.1 Å². The van der Waals surface area contributed by atoms with Gasteiger partial charge in [0.25, 0.3) is 0 Å². The van der Waals surface area contributed by atoms with Crippen LogP contribution in [-0.4, -0.2) is 28.0 Å². The summed E-state index contributed by atoms with van der Waals surface area (Å²) >= 11 is 5.90. The van der Waals surface area contributed by atoms with Gasteiger partial charge in [-0.1, -0.05) is 42.5 Å². The Morgan fingerprint density at radius 3 is 2.13 bits per heavy atom. The van der Waals surface area contributed by atoms with E-state index in [-0.39, 0.29) is 33.7 Å². The second-order valence-electron chi connectivity index (χ2n) is 6.74. The minimum absolute atomic E-state index is 0.0167. The van der Waals surface area contributed by atoms with E-state index >= 15 is 0 Å². The summed E-state index contributed by atoms with van der Waals surface area (Å²) in [7, 11) is 0. The highest BCUT2D eigenvalue weighted by Gasteiger charge is 2.36. The highest BCUT2D eigenvalue weighted by Crippen LogP contribution is 2.44. The van der Waals surface area contributed by atoms with Crippen molar-refractivity contribution in [2.24, 2.45) is 0 Å². The van der Waals surface area contributed by atoms with Crippen molar-refractivity contribution in [3.8, 4) is 17.2 Å². The number of benzene rings is 3. The van der Waals surface area contributed by atoms with Crippen LogP contribution >= 0.6 is 11.6 Å². The molecule has 0 heterocycles. The van der Waals surface area contributed by atoms with E-state index in [0.29, 0.717) is 5.75 Å². The fourth-order valence-electron chi connectivity index (χ4n) is 3.29. The lowest BCUT2D eigenvalue weighted by Crippen LogP contribution is -2.26. The Labute approximate surface area is 177 Å². The lowest BCUT2D eigenvalue weighted by molar-refractivity contribution is -0.115. The quantitative estimate of drug-likeness (QED) is 0.373. The summed E-state index contributed by atoms with van der Waals surface area (Å²) in [5.74, 6) is -1.59. The number of hydrogen-bond donors (Lipinski definition) is 2. The van der Waals surface area contributed by atoms with Gasteiger partial charge in [0.1, 0.15) is 16.9 Å². The summed E-state index contributed by atoms with van der Waals surface area (Å²) in [6.45, 7) is 1.48. The SMILES string of the molecule is CC(Cl)C(=O)Nc1c(Oc2ccccc2)cc(O)c2c1C(=O)c1ccccc1C2=O. The van der Waals surface area contributed by atoms with Crippen LogP contribution in [0.4, 0.5) is 5.69 Å². The number of hydrogen-bond acceptors (Lipinski definition) is 5. The first-order valence-corrected chi connectivity index (χ1v) is 9.58. The molecule has 0 fully saturated rings. The van der Waals surface area contributed by atoms with Crippen LogP contribution < -0.4 is 10.1 Å². The highest BCUT2D eigenvalue weighted by molar-refractivity contribution is 6.34. The van der Waals surface area contributed by atoms with Crippen LogP contribution in [-0.2, 0) is 4.79 Å². The zero-order valence-electron chi connectivity index (χ0n) is 15.8. The van der Waals surface area contributed by atoms with E-state index in [2.05, 4.69) is 5.32 Å². The summed E-state index contributed by atoms with van der Waals surface area (Å²) in [6.07, 6.45) is 0. The molecule has 3 aromatic carbocycles. The molecule has 7 heteroatoms. The Balaban J connectivity index is 1.95. The average molecular weight is 422 g/mol. The van der Waals surface area contributed by atoms with Gasteiger partial charge in [-0.15, -0.1) is 11.6 Å². The van der Waals surface area contributed by atoms with Gasteiger partial charge in [0.15, 0.2) is 17.3 Å². The number of para-hydroxylation sites is 1. The molecule has 0 spiro atoms. The number of amides is 1. The fraction of sp³-hybridized carbons (Fsp3) is 0.0870. The molecule has 2 N–H and O–H groups in total. The smallest absolute Gasteiger partial charge is 0.242 e. The Hall–Kier alpha value is -3.64. The molecule has 150 valence electrons. The van der Waals surface area contributed by atoms with Crippen molar-refractivity contribution in [1.29, 1.82) is 0 Å². The molecule has 0 saturated carbocycles. The number of fused-ring (bicyclic) bond motifs is 2. The molecular weight excluding hydrogens is 406 g/mol. The third-order valence-electron chi connectivity index (χ3n) is 4.72. The molecule has 1 atom stereocenters. The van der Waals surface area contributed by atoms with E-state index in [9.17, 15) is 19.5 Å². The van der Waals surface area contributed by atoms with Crippen molar-refractivity contribution in [3.05, 3.63) is 82.9 Å². The number of rotatable bonds is 4. The zero-order chi connectivity index (χ0) is 21.4. The first-order valence-electron chi connectivity index (χ1n) is 9.14. The molecule has 1 unspecified atom stereocenters. The van der Waals surface area contributed by atoms with Crippen LogP contribution in [0.2, 0.25) is 0 Å². The van der Waals surface area contributed by atoms with Gasteiger partial charge in [0.05, 0.1) is 16.8 Å². The number of aromatic hydroxyl groups is 1. The highest BCUT2D eigenvalue weighted by atomic mass is 35.5. The van der Waals surface area contributed by atoms with Gasteiger partial charge >= 0.3 is 0 Å². The lowest BCUT2D eigenvalue weighted by Gasteiger charge is -2.24. The van der Waals surface area contributed by atoms with E-state index in [0.717, 1.165) is 0 Å². The number of carbonyl (C=O) groups is 3. The summed E-state index contributed by atoms with van der Waals surface area (Å²) in [5, 5.41) is 12.3. The van der Waals surface area contributed by atoms with E-state index in [4.69, 9.17) is 16.3 Å². The van der Waals surface area contributed by atoms with Gasteiger partial charge in [-0.25, -0.2) is 0 Å². The molecule has 1 aliphatic carbocycles. The molecule has 0 aliphatic heterocycles. The lowest BCUT2D eigenvalue weighted by atomic mass is 9.82. The standard InChI is InChI=1S/C23H16ClNO5/c1-12(24)23(29)25-20-17(30-13-7-3-2-4-8-13)11-16(26)18-19(20)22(28)15-10-6-5-9-14(15)21(18)27/h2-12,26H,1H3,(H,25,29). The molecule has 0 bridgehead atoms. The Morgan fingerprint density at radius 2 is 1.53 bits per heavy atom. The molecule has 4 rings (SSSR count). The molecule has 1 aliphatic rings. The molecule has 30 heavy (non-hydrogen) atoms. The van der Waals surface area contributed by atoms with Gasteiger partial charge < -0.3 is 15.2 Å². The molecule has 0 saturated heterocycles. The van der Waals surface area contributed by atoms with Crippen LogP contribution in [0.5, 0.6) is 17.2 Å².